The van der Waals surface area contributed by atoms with E-state index in [1.165, 1.54) is 18.0 Å². The first-order chi connectivity index (χ1) is 10.1. The number of thioether (sulfide) groups is 1. The summed E-state index contributed by atoms with van der Waals surface area (Å²) in [5.41, 5.74) is 2.51. The molecule has 1 heterocycles. The van der Waals surface area contributed by atoms with Crippen molar-refractivity contribution in [3.05, 3.63) is 33.9 Å². The van der Waals surface area contributed by atoms with Gasteiger partial charge in [-0.3, -0.25) is 10.1 Å². The number of hydrogen-bond acceptors (Lipinski definition) is 8. The zero-order valence-electron chi connectivity index (χ0n) is 10.9. The van der Waals surface area contributed by atoms with Gasteiger partial charge >= 0.3 is 0 Å². The lowest BCUT2D eigenvalue weighted by Crippen LogP contribution is -1.99. The second-order valence-electron chi connectivity index (χ2n) is 3.75. The van der Waals surface area contributed by atoms with E-state index in [0.29, 0.717) is 11.1 Å². The van der Waals surface area contributed by atoms with Crippen molar-refractivity contribution in [2.24, 2.45) is 5.10 Å². The van der Waals surface area contributed by atoms with Gasteiger partial charge < -0.3 is 5.11 Å². The van der Waals surface area contributed by atoms with Gasteiger partial charge in [0.15, 0.2) is 0 Å². The van der Waals surface area contributed by atoms with Gasteiger partial charge in [-0.15, -0.1) is 5.10 Å². The number of hydrogen-bond donors (Lipinski definition) is 2. The van der Waals surface area contributed by atoms with Gasteiger partial charge in [-0.25, -0.2) is 10.5 Å². The molecule has 9 nitrogen and oxygen atoms in total. The fourth-order valence-corrected chi connectivity index (χ4v) is 1.93. The Morgan fingerprint density at radius 2 is 2.38 bits per heavy atom. The molecule has 10 heteroatoms. The summed E-state index contributed by atoms with van der Waals surface area (Å²) in [7, 11) is 0. The maximum absolute atomic E-state index is 11.5. The first kappa shape index (κ1) is 14.8. The highest BCUT2D eigenvalue weighted by Crippen LogP contribution is 2.19. The molecule has 0 amide bonds. The second-order valence-corrected chi connectivity index (χ2v) is 4.98. The third-order valence-corrected chi connectivity index (χ3v) is 3.05. The molecule has 0 atom stereocenters. The Bertz CT molecular complexity index is 672. The van der Waals surface area contributed by atoms with Gasteiger partial charge in [0, 0.05) is 12.1 Å². The van der Waals surface area contributed by atoms with E-state index in [9.17, 15) is 15.2 Å². The molecular formula is C11H11N6O3S-. The van der Waals surface area contributed by atoms with Crippen LogP contribution < -0.4 is 10.5 Å². The summed E-state index contributed by atoms with van der Waals surface area (Å²) in [5, 5.41) is 33.1. The standard InChI is InChI=1S/C11H12N6O3S/c1-2-21-11-13-10(15-16-11)14-12-6-7-5-8(17(19)20)3-4-9(7)18/h3-6,18H,2H2,1H3,(H2,13,14,15,16)/p-1/b12-6-. The van der Waals surface area contributed by atoms with Crippen LogP contribution in [0, 0.1) is 10.1 Å². The minimum absolute atomic E-state index is 0.111. The van der Waals surface area contributed by atoms with Crippen molar-refractivity contribution in [1.29, 1.82) is 0 Å². The summed E-state index contributed by atoms with van der Waals surface area (Å²) in [6.45, 7) is 1.98. The smallest absolute Gasteiger partial charge is 0.270 e. The molecule has 0 saturated carbocycles. The maximum atomic E-state index is 11.5. The quantitative estimate of drug-likeness (QED) is 0.356. The van der Waals surface area contributed by atoms with E-state index in [2.05, 4.69) is 25.7 Å². The first-order valence-electron chi connectivity index (χ1n) is 5.90. The van der Waals surface area contributed by atoms with Gasteiger partial charge in [0.2, 0.25) is 11.1 Å². The van der Waals surface area contributed by atoms with Crippen molar-refractivity contribution in [2.45, 2.75) is 12.1 Å². The van der Waals surface area contributed by atoms with Crippen LogP contribution in [0.3, 0.4) is 0 Å². The summed E-state index contributed by atoms with van der Waals surface area (Å²) in [6.07, 6.45) is 1.20. The van der Waals surface area contributed by atoms with Gasteiger partial charge in [-0.2, -0.15) is 10.1 Å². The van der Waals surface area contributed by atoms with Crippen molar-refractivity contribution in [3.8, 4) is 5.75 Å². The number of aromatic nitrogens is 3. The van der Waals surface area contributed by atoms with Crippen LogP contribution in [0.15, 0.2) is 28.5 Å². The van der Waals surface area contributed by atoms with Crippen LogP contribution in [0.1, 0.15) is 12.5 Å². The van der Waals surface area contributed by atoms with E-state index in [0.717, 1.165) is 24.0 Å². The number of nitrogens with zero attached hydrogens (tertiary/aromatic N) is 4. The zero-order chi connectivity index (χ0) is 15.2. The topological polar surface area (TPSA) is 132 Å². The van der Waals surface area contributed by atoms with Gasteiger partial charge in [-0.05, 0) is 11.3 Å². The van der Waals surface area contributed by atoms with E-state index < -0.39 is 4.92 Å². The second kappa shape index (κ2) is 6.70. The molecule has 0 aliphatic rings. The Morgan fingerprint density at radius 3 is 3.10 bits per heavy atom. The third kappa shape index (κ3) is 3.92. The molecule has 0 saturated heterocycles. The average Bonchev–Trinajstić information content (AvgIpc) is 2.89. The summed E-state index contributed by atoms with van der Waals surface area (Å²) < 4.78 is 0. The summed E-state index contributed by atoms with van der Waals surface area (Å²) in [4.78, 5) is 14.2. The third-order valence-electron chi connectivity index (χ3n) is 2.32. The fraction of sp³-hybridized carbons (Fsp3) is 0.182. The molecular weight excluding hydrogens is 296 g/mol. The Hall–Kier alpha value is -2.62. The predicted molar refractivity (Wildman–Crippen MR) is 76.5 cm³/mol. The molecule has 0 radical (unpaired) electrons. The lowest BCUT2D eigenvalue weighted by molar-refractivity contribution is -0.385. The van der Waals surface area contributed by atoms with Crippen LogP contribution in [0.2, 0.25) is 0 Å². The molecule has 2 rings (SSSR count). The minimum Gasteiger partial charge on any atom is -0.872 e. The van der Waals surface area contributed by atoms with E-state index >= 15 is 0 Å². The molecule has 21 heavy (non-hydrogen) atoms. The van der Waals surface area contributed by atoms with E-state index in [-0.39, 0.29) is 17.0 Å². The number of nitro benzene ring substituents is 1. The average molecular weight is 307 g/mol. The van der Waals surface area contributed by atoms with Crippen molar-refractivity contribution in [1.82, 2.24) is 15.2 Å². The Balaban J connectivity index is 2.06. The molecule has 110 valence electrons. The molecule has 2 N–H and O–H groups in total. The zero-order valence-corrected chi connectivity index (χ0v) is 11.8. The number of nitro groups is 1. The lowest BCUT2D eigenvalue weighted by atomic mass is 10.2. The van der Waals surface area contributed by atoms with Crippen molar-refractivity contribution < 1.29 is 10.0 Å². The number of H-pyrrole nitrogens is 1. The number of rotatable bonds is 6. The summed E-state index contributed by atoms with van der Waals surface area (Å²) in [5.74, 6) is 0.805. The normalized spacial score (nSPS) is 10.9. The number of benzene rings is 1. The molecule has 0 fully saturated rings. The number of aromatic amines is 1. The first-order valence-corrected chi connectivity index (χ1v) is 6.88. The summed E-state index contributed by atoms with van der Waals surface area (Å²) >= 11 is 1.46. The fourth-order valence-electron chi connectivity index (χ4n) is 1.40. The van der Waals surface area contributed by atoms with Crippen LogP contribution in [0.5, 0.6) is 5.75 Å². The Labute approximate surface area is 123 Å². The van der Waals surface area contributed by atoms with Gasteiger partial charge in [0.05, 0.1) is 11.1 Å². The van der Waals surface area contributed by atoms with E-state index in [4.69, 9.17) is 0 Å². The van der Waals surface area contributed by atoms with Gasteiger partial charge in [0.25, 0.3) is 5.69 Å². The van der Waals surface area contributed by atoms with Crippen LogP contribution >= 0.6 is 11.8 Å². The van der Waals surface area contributed by atoms with Crippen molar-refractivity contribution in [2.75, 3.05) is 11.2 Å². The number of anilines is 1. The Kier molecular flexibility index (Phi) is 4.72. The van der Waals surface area contributed by atoms with E-state index in [1.54, 1.807) is 0 Å². The molecule has 0 spiro atoms. The van der Waals surface area contributed by atoms with Crippen LogP contribution in [0.4, 0.5) is 11.6 Å². The van der Waals surface area contributed by atoms with Crippen molar-refractivity contribution >= 4 is 29.6 Å². The number of non-ortho nitro benzene ring substituents is 1. The molecule has 1 aromatic carbocycles. The number of hydrazone groups is 1. The van der Waals surface area contributed by atoms with Gasteiger partial charge in [0.1, 0.15) is 0 Å². The molecule has 0 aliphatic heterocycles. The highest BCUT2D eigenvalue weighted by molar-refractivity contribution is 7.99. The van der Waals surface area contributed by atoms with Gasteiger partial charge in [-0.1, -0.05) is 30.5 Å². The van der Waals surface area contributed by atoms with Crippen molar-refractivity contribution in [3.63, 3.8) is 0 Å². The van der Waals surface area contributed by atoms with Crippen LogP contribution in [-0.2, 0) is 0 Å². The monoisotopic (exact) mass is 307 g/mol. The molecule has 0 bridgehead atoms. The highest BCUT2D eigenvalue weighted by Gasteiger charge is 2.05. The minimum atomic E-state index is -0.574. The maximum Gasteiger partial charge on any atom is 0.270 e. The SMILES string of the molecule is CCSc1n[nH]c(N/N=C\c2cc([N+](=O)[O-])ccc2[O-])n1. The van der Waals surface area contributed by atoms with E-state index in [1.807, 2.05) is 6.92 Å². The largest absolute Gasteiger partial charge is 0.872 e. The van der Waals surface area contributed by atoms with Crippen LogP contribution in [-0.4, -0.2) is 32.1 Å². The molecule has 2 aromatic rings. The highest BCUT2D eigenvalue weighted by atomic mass is 32.2. The van der Waals surface area contributed by atoms with Crippen LogP contribution in [0.25, 0.3) is 0 Å². The predicted octanol–water partition coefficient (Wildman–Crippen LogP) is 1.34. The Morgan fingerprint density at radius 1 is 1.57 bits per heavy atom. The molecule has 0 aliphatic carbocycles. The molecule has 1 aromatic heterocycles. The number of nitrogens with one attached hydrogen (secondary N) is 2. The molecule has 0 unspecified atom stereocenters. The lowest BCUT2D eigenvalue weighted by Gasteiger charge is -2.08. The summed E-state index contributed by atoms with van der Waals surface area (Å²) in [6, 6.07) is 3.44.